The number of likely N-dealkylation sites (N-methyl/N-ethyl adjacent to an activating group) is 1. The lowest BCUT2D eigenvalue weighted by atomic mass is 10.0. The van der Waals surface area contributed by atoms with Crippen LogP contribution >= 0.6 is 11.3 Å². The fraction of sp³-hybridized carbons (Fsp3) is 0.455. The van der Waals surface area contributed by atoms with Crippen molar-refractivity contribution in [1.82, 2.24) is 19.7 Å². The monoisotopic (exact) mass is 619 g/mol. The number of fused-ring (bicyclic) bond motifs is 1. The Morgan fingerprint density at radius 3 is 2.57 bits per heavy atom. The summed E-state index contributed by atoms with van der Waals surface area (Å²) in [5.41, 5.74) is 1.91. The number of likely N-dealkylation sites (tertiary alicyclic amines) is 1. The maximum atomic E-state index is 13.2. The second kappa shape index (κ2) is 14.8. The average Bonchev–Trinajstić information content (AvgIpc) is 3.32. The van der Waals surface area contributed by atoms with E-state index in [1.165, 1.54) is 37.0 Å². The number of thiazole rings is 1. The number of hydrogen-bond donors (Lipinski definition) is 1. The third-order valence-corrected chi connectivity index (χ3v) is 9.30. The standard InChI is InChI=1S/C33H41N5O5S/c1-4-23-20-25(27(39)10-11-32(41)38-16-12-24(13-17-38)37-15-7-14-36(2)18-19-37)29(42-3)21-28(23)43-22-31(40)35-33-34-26-8-5-6-9-30(26)44-33/h5-6,8-11,20-21,24H,4,7,12-19,22H2,1-3H3,(H,34,35,40). The average molecular weight is 620 g/mol. The summed E-state index contributed by atoms with van der Waals surface area (Å²) in [5, 5.41) is 3.29. The summed E-state index contributed by atoms with van der Waals surface area (Å²) in [6.45, 7) is 7.51. The zero-order valence-corrected chi connectivity index (χ0v) is 26.5. The van der Waals surface area contributed by atoms with Crippen molar-refractivity contribution in [1.29, 1.82) is 0 Å². The summed E-state index contributed by atoms with van der Waals surface area (Å²) in [7, 11) is 3.65. The molecule has 0 radical (unpaired) electrons. The molecule has 1 N–H and O–H groups in total. The van der Waals surface area contributed by atoms with Crippen molar-refractivity contribution in [3.05, 3.63) is 59.7 Å². The molecule has 2 aliphatic heterocycles. The van der Waals surface area contributed by atoms with Crippen LogP contribution in [0.25, 0.3) is 10.2 Å². The minimum atomic E-state index is -0.338. The smallest absolute Gasteiger partial charge is 0.264 e. The molecular weight excluding hydrogens is 578 g/mol. The number of carbonyl (C=O) groups is 3. The maximum absolute atomic E-state index is 13.2. The minimum absolute atomic E-state index is 0.152. The molecule has 234 valence electrons. The van der Waals surface area contributed by atoms with Gasteiger partial charge in [-0.3, -0.25) is 24.6 Å². The summed E-state index contributed by atoms with van der Waals surface area (Å²) in [4.78, 5) is 49.9. The van der Waals surface area contributed by atoms with Crippen LogP contribution in [0.5, 0.6) is 11.5 Å². The van der Waals surface area contributed by atoms with E-state index >= 15 is 0 Å². The number of amides is 2. The SMILES string of the molecule is CCc1cc(C(=O)C=CC(=O)N2CCC(N3CCCN(C)CC3)CC2)c(OC)cc1OCC(=O)Nc1nc2ccccc2s1. The summed E-state index contributed by atoms with van der Waals surface area (Å²) in [6, 6.07) is 11.5. The first-order valence-electron chi connectivity index (χ1n) is 15.3. The van der Waals surface area contributed by atoms with E-state index in [1.807, 2.05) is 36.1 Å². The zero-order valence-electron chi connectivity index (χ0n) is 25.7. The molecule has 10 nitrogen and oxygen atoms in total. The second-order valence-corrected chi connectivity index (χ2v) is 12.3. The van der Waals surface area contributed by atoms with Crippen LogP contribution in [-0.4, -0.2) is 103 Å². The molecule has 11 heteroatoms. The number of ketones is 1. The number of nitrogens with zero attached hydrogens (tertiary/aromatic N) is 4. The first kappa shape index (κ1) is 31.6. The number of aryl methyl sites for hydroxylation is 1. The van der Waals surface area contributed by atoms with Crippen LogP contribution in [0, 0.1) is 0 Å². The number of allylic oxidation sites excluding steroid dienone is 1. The molecule has 2 amide bonds. The van der Waals surface area contributed by atoms with E-state index in [0.29, 0.717) is 47.7 Å². The summed E-state index contributed by atoms with van der Waals surface area (Å²) >= 11 is 1.40. The van der Waals surface area contributed by atoms with Gasteiger partial charge in [-0.25, -0.2) is 4.98 Å². The van der Waals surface area contributed by atoms with Gasteiger partial charge in [0.1, 0.15) is 11.5 Å². The van der Waals surface area contributed by atoms with E-state index in [0.717, 1.165) is 54.8 Å². The number of ether oxygens (including phenoxy) is 2. The van der Waals surface area contributed by atoms with E-state index < -0.39 is 0 Å². The van der Waals surface area contributed by atoms with Gasteiger partial charge in [0.2, 0.25) is 5.91 Å². The van der Waals surface area contributed by atoms with Crippen molar-refractivity contribution in [2.75, 3.05) is 65.3 Å². The van der Waals surface area contributed by atoms with Gasteiger partial charge in [-0.05, 0) is 75.7 Å². The molecule has 2 aliphatic rings. The third-order valence-electron chi connectivity index (χ3n) is 8.35. The quantitative estimate of drug-likeness (QED) is 0.265. The molecule has 2 saturated heterocycles. The van der Waals surface area contributed by atoms with E-state index in [4.69, 9.17) is 9.47 Å². The second-order valence-electron chi connectivity index (χ2n) is 11.3. The van der Waals surface area contributed by atoms with Gasteiger partial charge in [0, 0.05) is 44.4 Å². The highest BCUT2D eigenvalue weighted by Crippen LogP contribution is 2.31. The highest BCUT2D eigenvalue weighted by Gasteiger charge is 2.27. The molecule has 3 aromatic rings. The van der Waals surface area contributed by atoms with Gasteiger partial charge in [-0.2, -0.15) is 0 Å². The number of anilines is 1. The summed E-state index contributed by atoms with van der Waals surface area (Å²) in [6.07, 6.45) is 6.34. The summed E-state index contributed by atoms with van der Waals surface area (Å²) < 4.78 is 12.3. The highest BCUT2D eigenvalue weighted by molar-refractivity contribution is 7.22. The molecule has 0 bridgehead atoms. The molecule has 2 fully saturated rings. The van der Waals surface area contributed by atoms with Crippen molar-refractivity contribution in [3.63, 3.8) is 0 Å². The third kappa shape index (κ3) is 7.82. The topological polar surface area (TPSA) is 104 Å². The van der Waals surface area contributed by atoms with Gasteiger partial charge in [0.15, 0.2) is 17.5 Å². The van der Waals surface area contributed by atoms with E-state index in [9.17, 15) is 14.4 Å². The Morgan fingerprint density at radius 1 is 1.02 bits per heavy atom. The molecule has 44 heavy (non-hydrogen) atoms. The first-order valence-corrected chi connectivity index (χ1v) is 16.1. The number of benzene rings is 2. The van der Waals surface area contributed by atoms with Crippen molar-refractivity contribution in [2.24, 2.45) is 0 Å². The minimum Gasteiger partial charge on any atom is -0.496 e. The fourth-order valence-corrected chi connectivity index (χ4v) is 6.71. The molecule has 0 unspecified atom stereocenters. The predicted octanol–water partition coefficient (Wildman–Crippen LogP) is 4.25. The van der Waals surface area contributed by atoms with Crippen LogP contribution < -0.4 is 14.8 Å². The van der Waals surface area contributed by atoms with E-state index in [1.54, 1.807) is 12.1 Å². The molecule has 3 heterocycles. The molecule has 5 rings (SSSR count). The molecular formula is C33H41N5O5S. The Labute approximate surface area is 262 Å². The maximum Gasteiger partial charge on any atom is 0.264 e. The van der Waals surface area contributed by atoms with Crippen LogP contribution in [0.3, 0.4) is 0 Å². The molecule has 0 saturated carbocycles. The molecule has 0 spiro atoms. The number of aromatic nitrogens is 1. The van der Waals surface area contributed by atoms with Gasteiger partial charge in [-0.1, -0.05) is 30.4 Å². The number of nitrogens with one attached hydrogen (secondary N) is 1. The number of methoxy groups -OCH3 is 1. The Balaban J connectivity index is 1.16. The van der Waals surface area contributed by atoms with Crippen LogP contribution in [0.4, 0.5) is 5.13 Å². The van der Waals surface area contributed by atoms with Gasteiger partial charge < -0.3 is 19.3 Å². The Morgan fingerprint density at radius 2 is 1.82 bits per heavy atom. The van der Waals surface area contributed by atoms with Crippen LogP contribution in [0.2, 0.25) is 0 Å². The van der Waals surface area contributed by atoms with Gasteiger partial charge in [-0.15, -0.1) is 0 Å². The van der Waals surface area contributed by atoms with Crippen LogP contribution in [-0.2, 0) is 16.0 Å². The fourth-order valence-electron chi connectivity index (χ4n) is 5.83. The number of para-hydroxylation sites is 1. The Bertz CT molecular complexity index is 1480. The Hall–Kier alpha value is -3.80. The predicted molar refractivity (Wildman–Crippen MR) is 173 cm³/mol. The molecule has 0 atom stereocenters. The molecule has 0 aliphatic carbocycles. The number of rotatable bonds is 10. The van der Waals surface area contributed by atoms with Crippen molar-refractivity contribution >= 4 is 44.3 Å². The summed E-state index contributed by atoms with van der Waals surface area (Å²) in [5.74, 6) is -0.0429. The largest absolute Gasteiger partial charge is 0.496 e. The normalized spacial score (nSPS) is 17.1. The first-order chi connectivity index (χ1) is 21.3. The molecule has 1 aromatic heterocycles. The number of hydrogen-bond acceptors (Lipinski definition) is 9. The molecule has 2 aromatic carbocycles. The van der Waals surface area contributed by atoms with E-state index in [-0.39, 0.29) is 24.2 Å². The lowest BCUT2D eigenvalue weighted by molar-refractivity contribution is -0.127. The number of piperidine rings is 1. The lowest BCUT2D eigenvalue weighted by Gasteiger charge is -2.37. The van der Waals surface area contributed by atoms with Gasteiger partial charge in [0.05, 0.1) is 22.9 Å². The lowest BCUT2D eigenvalue weighted by Crippen LogP contribution is -2.47. The zero-order chi connectivity index (χ0) is 31.1. The highest BCUT2D eigenvalue weighted by atomic mass is 32.1. The van der Waals surface area contributed by atoms with Crippen LogP contribution in [0.1, 0.15) is 42.1 Å². The van der Waals surface area contributed by atoms with Gasteiger partial charge >= 0.3 is 0 Å². The number of carbonyl (C=O) groups excluding carboxylic acids is 3. The van der Waals surface area contributed by atoms with E-state index in [2.05, 4.69) is 27.1 Å². The van der Waals surface area contributed by atoms with Crippen molar-refractivity contribution in [2.45, 2.75) is 38.6 Å². The van der Waals surface area contributed by atoms with Crippen molar-refractivity contribution < 1.29 is 23.9 Å². The van der Waals surface area contributed by atoms with Crippen molar-refractivity contribution in [3.8, 4) is 11.5 Å². The van der Waals surface area contributed by atoms with Crippen LogP contribution in [0.15, 0.2) is 48.6 Å². The Kier molecular flexibility index (Phi) is 10.6. The van der Waals surface area contributed by atoms with Gasteiger partial charge in [0.25, 0.3) is 5.91 Å².